The molecule has 0 bridgehead atoms. The van der Waals surface area contributed by atoms with Gasteiger partial charge in [0.1, 0.15) is 5.76 Å². The van der Waals surface area contributed by atoms with Crippen LogP contribution in [0.5, 0.6) is 0 Å². The van der Waals surface area contributed by atoms with Crippen molar-refractivity contribution in [3.8, 4) is 0 Å². The molecule has 8 heteroatoms. The smallest absolute Gasteiger partial charge is 0.191 e. The summed E-state index contributed by atoms with van der Waals surface area (Å²) in [6, 6.07) is 8.11. The molecular weight excluding hydrogens is 497 g/mol. The Balaban J connectivity index is 0.00000300. The van der Waals surface area contributed by atoms with Crippen LogP contribution >= 0.6 is 35.3 Å². The molecule has 0 saturated heterocycles. The van der Waals surface area contributed by atoms with Gasteiger partial charge in [-0.15, -0.1) is 35.3 Å². The lowest BCUT2D eigenvalue weighted by molar-refractivity contribution is 0.506. The number of aryl methyl sites for hydroxylation is 2. The topological polar surface area (TPSA) is 67.4 Å². The molecule has 3 aromatic heterocycles. The monoisotopic (exact) mass is 527 g/mol. The van der Waals surface area contributed by atoms with Crippen LogP contribution in [0.3, 0.4) is 0 Å². The lowest BCUT2D eigenvalue weighted by atomic mass is 10.1. The number of nitrogens with one attached hydrogen (secondary N) is 2. The predicted molar refractivity (Wildman–Crippen MR) is 130 cm³/mol. The summed E-state index contributed by atoms with van der Waals surface area (Å²) in [5, 5.41) is 13.6. The molecule has 0 spiro atoms. The van der Waals surface area contributed by atoms with Gasteiger partial charge in [-0.3, -0.25) is 4.68 Å². The zero-order valence-corrected chi connectivity index (χ0v) is 20.4. The summed E-state index contributed by atoms with van der Waals surface area (Å²) in [7, 11) is 2.02. The van der Waals surface area contributed by atoms with Gasteiger partial charge in [0.05, 0.1) is 25.0 Å². The van der Waals surface area contributed by atoms with Crippen molar-refractivity contribution < 1.29 is 4.42 Å². The van der Waals surface area contributed by atoms with E-state index in [0.29, 0.717) is 6.54 Å². The highest BCUT2D eigenvalue weighted by atomic mass is 127. The van der Waals surface area contributed by atoms with Crippen molar-refractivity contribution >= 4 is 41.3 Å². The molecule has 0 aliphatic carbocycles. The van der Waals surface area contributed by atoms with Crippen LogP contribution in [-0.4, -0.2) is 22.3 Å². The molecule has 158 valence electrons. The Hall–Kier alpha value is -1.81. The highest BCUT2D eigenvalue weighted by Crippen LogP contribution is 2.16. The number of hydrogen-bond acceptors (Lipinski definition) is 4. The summed E-state index contributed by atoms with van der Waals surface area (Å²) in [6.07, 6.45) is 4.40. The molecule has 0 aromatic carbocycles. The van der Waals surface area contributed by atoms with E-state index < -0.39 is 0 Å². The van der Waals surface area contributed by atoms with Gasteiger partial charge in [0.15, 0.2) is 5.96 Å². The minimum atomic E-state index is 0. The number of aromatic nitrogens is 2. The maximum Gasteiger partial charge on any atom is 0.191 e. The SMILES string of the molecule is CCc1nn(C)c(CC)c1CN=C(NCCc1ccco1)NCc1cccs1.I. The zero-order valence-electron chi connectivity index (χ0n) is 17.3. The van der Waals surface area contributed by atoms with Crippen molar-refractivity contribution in [3.05, 3.63) is 63.5 Å². The molecule has 2 N–H and O–H groups in total. The van der Waals surface area contributed by atoms with Crippen LogP contribution in [0.15, 0.2) is 45.3 Å². The first kappa shape index (κ1) is 23.5. The standard InChI is InChI=1S/C21H29N5OS.HI/c1-4-19-18(20(5-2)26(3)25-19)15-24-21(23-14-17-9-7-13-28-17)22-11-10-16-8-6-12-27-16;/h6-9,12-13H,4-5,10-11,14-15H2,1-3H3,(H2,22,23,24);1H. The minimum absolute atomic E-state index is 0. The Morgan fingerprint density at radius 2 is 2.07 bits per heavy atom. The van der Waals surface area contributed by atoms with E-state index in [1.54, 1.807) is 17.6 Å². The first-order valence-electron chi connectivity index (χ1n) is 9.81. The van der Waals surface area contributed by atoms with Crippen LogP contribution in [-0.2, 0) is 39.4 Å². The van der Waals surface area contributed by atoms with Gasteiger partial charge >= 0.3 is 0 Å². The van der Waals surface area contributed by atoms with Crippen LogP contribution in [0.2, 0.25) is 0 Å². The van der Waals surface area contributed by atoms with Crippen molar-refractivity contribution in [2.75, 3.05) is 6.54 Å². The van der Waals surface area contributed by atoms with Crippen molar-refractivity contribution in [1.29, 1.82) is 0 Å². The quantitative estimate of drug-likeness (QED) is 0.248. The summed E-state index contributed by atoms with van der Waals surface area (Å²) in [5.74, 6) is 1.78. The Kier molecular flexibility index (Phi) is 9.72. The molecule has 29 heavy (non-hydrogen) atoms. The Morgan fingerprint density at radius 1 is 1.21 bits per heavy atom. The fraction of sp³-hybridized carbons (Fsp3) is 0.429. The minimum Gasteiger partial charge on any atom is -0.469 e. The Labute approximate surface area is 193 Å². The molecule has 0 atom stereocenters. The molecule has 0 fully saturated rings. The largest absolute Gasteiger partial charge is 0.469 e. The molecule has 0 aliphatic rings. The van der Waals surface area contributed by atoms with Gasteiger partial charge in [0, 0.05) is 36.1 Å². The number of nitrogens with zero attached hydrogens (tertiary/aromatic N) is 3. The number of furan rings is 1. The summed E-state index contributed by atoms with van der Waals surface area (Å²) >= 11 is 1.74. The van der Waals surface area contributed by atoms with Crippen LogP contribution in [0, 0.1) is 0 Å². The van der Waals surface area contributed by atoms with Gasteiger partial charge in [-0.05, 0) is 36.4 Å². The van der Waals surface area contributed by atoms with Gasteiger partial charge in [-0.25, -0.2) is 4.99 Å². The maximum atomic E-state index is 5.42. The number of halogens is 1. The Morgan fingerprint density at radius 3 is 2.72 bits per heavy atom. The van der Waals surface area contributed by atoms with Crippen molar-refractivity contribution in [3.63, 3.8) is 0 Å². The zero-order chi connectivity index (χ0) is 19.8. The van der Waals surface area contributed by atoms with E-state index in [1.165, 1.54) is 16.1 Å². The molecule has 0 saturated carbocycles. The third kappa shape index (κ3) is 6.60. The average molecular weight is 527 g/mol. The molecule has 0 amide bonds. The fourth-order valence-electron chi connectivity index (χ4n) is 3.25. The first-order valence-corrected chi connectivity index (χ1v) is 10.7. The maximum absolute atomic E-state index is 5.42. The second kappa shape index (κ2) is 12.0. The van der Waals surface area contributed by atoms with E-state index in [4.69, 9.17) is 9.41 Å². The lowest BCUT2D eigenvalue weighted by Gasteiger charge is -2.12. The van der Waals surface area contributed by atoms with Crippen LogP contribution in [0.4, 0.5) is 0 Å². The van der Waals surface area contributed by atoms with Crippen LogP contribution in [0.1, 0.15) is 41.4 Å². The molecule has 3 aromatic rings. The van der Waals surface area contributed by atoms with Gasteiger partial charge in [0.2, 0.25) is 0 Å². The summed E-state index contributed by atoms with van der Waals surface area (Å²) in [5.41, 5.74) is 3.64. The van der Waals surface area contributed by atoms with E-state index in [0.717, 1.165) is 49.8 Å². The fourth-order valence-corrected chi connectivity index (χ4v) is 3.89. The second-order valence-corrected chi connectivity index (χ2v) is 7.59. The van der Waals surface area contributed by atoms with Crippen LogP contribution in [0.25, 0.3) is 0 Å². The number of aliphatic imine (C=N–C) groups is 1. The first-order chi connectivity index (χ1) is 13.7. The third-order valence-electron chi connectivity index (χ3n) is 4.68. The van der Waals surface area contributed by atoms with E-state index in [1.807, 2.05) is 23.9 Å². The highest BCUT2D eigenvalue weighted by molar-refractivity contribution is 14.0. The molecule has 3 rings (SSSR count). The van der Waals surface area contributed by atoms with Crippen LogP contribution < -0.4 is 10.6 Å². The summed E-state index contributed by atoms with van der Waals surface area (Å²) in [6.45, 7) is 6.46. The molecule has 0 radical (unpaired) electrons. The molecule has 0 aliphatic heterocycles. The number of rotatable bonds is 9. The predicted octanol–water partition coefficient (Wildman–Crippen LogP) is 4.30. The normalized spacial score (nSPS) is 11.3. The number of guanidine groups is 1. The van der Waals surface area contributed by atoms with Crippen molar-refractivity contribution in [2.24, 2.45) is 12.0 Å². The van der Waals surface area contributed by atoms with E-state index in [-0.39, 0.29) is 24.0 Å². The second-order valence-electron chi connectivity index (χ2n) is 6.56. The molecular formula is C21H30IN5OS. The molecule has 3 heterocycles. The third-order valence-corrected chi connectivity index (χ3v) is 5.55. The van der Waals surface area contributed by atoms with Gasteiger partial charge < -0.3 is 15.1 Å². The Bertz CT molecular complexity index is 871. The van der Waals surface area contributed by atoms with E-state index >= 15 is 0 Å². The van der Waals surface area contributed by atoms with Crippen molar-refractivity contribution in [1.82, 2.24) is 20.4 Å². The average Bonchev–Trinajstić information content (AvgIpc) is 3.45. The molecule has 0 unspecified atom stereocenters. The summed E-state index contributed by atoms with van der Waals surface area (Å²) in [4.78, 5) is 6.14. The van der Waals surface area contributed by atoms with Crippen molar-refractivity contribution in [2.45, 2.75) is 46.2 Å². The van der Waals surface area contributed by atoms with E-state index in [2.05, 4.69) is 47.1 Å². The lowest BCUT2D eigenvalue weighted by Crippen LogP contribution is -2.38. The highest BCUT2D eigenvalue weighted by Gasteiger charge is 2.13. The summed E-state index contributed by atoms with van der Waals surface area (Å²) < 4.78 is 7.41. The number of hydrogen-bond donors (Lipinski definition) is 2. The number of thiophene rings is 1. The van der Waals surface area contributed by atoms with Gasteiger partial charge in [-0.1, -0.05) is 19.9 Å². The van der Waals surface area contributed by atoms with E-state index in [9.17, 15) is 0 Å². The van der Waals surface area contributed by atoms with Gasteiger partial charge in [0.25, 0.3) is 0 Å². The van der Waals surface area contributed by atoms with Gasteiger partial charge in [-0.2, -0.15) is 5.10 Å². The molecule has 6 nitrogen and oxygen atoms in total.